The van der Waals surface area contributed by atoms with E-state index in [-0.39, 0.29) is 19.4 Å². The molecule has 3 unspecified atom stereocenters. The van der Waals surface area contributed by atoms with E-state index in [1.54, 1.807) is 26.8 Å². The number of hydrogen-bond donors (Lipinski definition) is 3. The summed E-state index contributed by atoms with van der Waals surface area (Å²) >= 11 is 0. The molecule has 1 rings (SSSR count). The molecule has 1 aromatic rings. The smallest absolute Gasteiger partial charge is 0.408 e. The summed E-state index contributed by atoms with van der Waals surface area (Å²) in [5.74, 6) is -2.13. The number of methoxy groups -OCH3 is 1. The number of hydrogen-bond acceptors (Lipinski definition) is 7. The number of esters is 1. The van der Waals surface area contributed by atoms with Gasteiger partial charge in [-0.2, -0.15) is 0 Å². The zero-order valence-corrected chi connectivity index (χ0v) is 26.0. The van der Waals surface area contributed by atoms with Gasteiger partial charge in [0.15, 0.2) is 0 Å². The Kier molecular flexibility index (Phi) is 13.8. The largest absolute Gasteiger partial charge is 0.468 e. The fraction of sp³-hybridized carbons (Fsp3) is 0.633. The van der Waals surface area contributed by atoms with Crippen LogP contribution in [0.2, 0.25) is 0 Å². The molecule has 0 aliphatic heterocycles. The molecule has 4 N–H and O–H groups in total. The van der Waals surface area contributed by atoms with Crippen LogP contribution < -0.4 is 16.4 Å². The van der Waals surface area contributed by atoms with Crippen LogP contribution in [0.3, 0.4) is 0 Å². The van der Waals surface area contributed by atoms with Gasteiger partial charge in [0.05, 0.1) is 7.11 Å². The summed E-state index contributed by atoms with van der Waals surface area (Å²) in [6.45, 7) is 14.5. The predicted molar refractivity (Wildman–Crippen MR) is 156 cm³/mol. The highest BCUT2D eigenvalue weighted by atomic mass is 16.6. The van der Waals surface area contributed by atoms with Gasteiger partial charge in [0.1, 0.15) is 24.2 Å². The molecule has 0 saturated heterocycles. The minimum absolute atomic E-state index is 0.0930. The molecule has 0 saturated carbocycles. The van der Waals surface area contributed by atoms with Crippen molar-refractivity contribution in [1.29, 1.82) is 0 Å². The maximum Gasteiger partial charge on any atom is 0.408 e. The van der Waals surface area contributed by atoms with E-state index in [0.717, 1.165) is 17.5 Å². The summed E-state index contributed by atoms with van der Waals surface area (Å²) in [6.07, 6.45) is 0.213. The second-order valence-electron chi connectivity index (χ2n) is 11.8. The molecule has 11 nitrogen and oxygen atoms in total. The summed E-state index contributed by atoms with van der Waals surface area (Å²) in [7, 11) is 1.21. The standard InChI is InChI=1S/C30H48N4O7/c1-18(2)10-12-21(5)34(28(38)23(14-15-24(31)35)33-29(39)41-30(6,7)8)26(27(37)32-17-25(36)40-9)22-13-11-19(3)20(4)16-22/h11,13,16,18,21,23,26H,10,12,14-15,17H2,1-9H3,(H2,31,35)(H,32,37)(H,33,39). The van der Waals surface area contributed by atoms with Crippen LogP contribution in [0.5, 0.6) is 0 Å². The zero-order valence-electron chi connectivity index (χ0n) is 26.0. The third kappa shape index (κ3) is 12.2. The van der Waals surface area contributed by atoms with Crippen LogP contribution >= 0.6 is 0 Å². The van der Waals surface area contributed by atoms with Gasteiger partial charge in [-0.3, -0.25) is 19.2 Å². The number of nitrogens with two attached hydrogens (primary N) is 1. The first-order chi connectivity index (χ1) is 19.0. The lowest BCUT2D eigenvalue weighted by Crippen LogP contribution is -2.56. The van der Waals surface area contributed by atoms with Crippen LogP contribution in [0.4, 0.5) is 4.79 Å². The van der Waals surface area contributed by atoms with Gasteiger partial charge >= 0.3 is 12.1 Å². The van der Waals surface area contributed by atoms with Crippen molar-refractivity contribution in [2.75, 3.05) is 13.7 Å². The fourth-order valence-corrected chi connectivity index (χ4v) is 4.19. The topological polar surface area (TPSA) is 157 Å². The van der Waals surface area contributed by atoms with Gasteiger partial charge in [0, 0.05) is 12.5 Å². The molecule has 0 aliphatic rings. The van der Waals surface area contributed by atoms with E-state index in [0.29, 0.717) is 17.9 Å². The maximum absolute atomic E-state index is 14.3. The molecular formula is C30H48N4O7. The van der Waals surface area contributed by atoms with E-state index in [9.17, 15) is 24.0 Å². The molecule has 0 aromatic heterocycles. The molecule has 230 valence electrons. The third-order valence-electron chi connectivity index (χ3n) is 6.57. The lowest BCUT2D eigenvalue weighted by molar-refractivity contribution is -0.146. The van der Waals surface area contributed by atoms with Crippen LogP contribution in [-0.4, -0.2) is 66.0 Å². The first kappa shape index (κ1) is 35.4. The van der Waals surface area contributed by atoms with E-state index in [1.165, 1.54) is 12.0 Å². The Morgan fingerprint density at radius 1 is 0.976 bits per heavy atom. The number of nitrogens with one attached hydrogen (secondary N) is 2. The third-order valence-corrected chi connectivity index (χ3v) is 6.57. The number of carbonyl (C=O) groups is 5. The Morgan fingerprint density at radius 3 is 2.12 bits per heavy atom. The lowest BCUT2D eigenvalue weighted by atomic mass is 9.94. The zero-order chi connectivity index (χ0) is 31.5. The second kappa shape index (κ2) is 16.0. The van der Waals surface area contributed by atoms with Gasteiger partial charge in [-0.05, 0) is 83.4 Å². The van der Waals surface area contributed by atoms with Crippen molar-refractivity contribution in [3.63, 3.8) is 0 Å². The molecular weight excluding hydrogens is 528 g/mol. The second-order valence-corrected chi connectivity index (χ2v) is 11.8. The predicted octanol–water partition coefficient (Wildman–Crippen LogP) is 3.45. The van der Waals surface area contributed by atoms with Crippen molar-refractivity contribution < 1.29 is 33.4 Å². The number of aryl methyl sites for hydroxylation is 2. The minimum atomic E-state index is -1.21. The maximum atomic E-state index is 14.3. The average molecular weight is 577 g/mol. The lowest BCUT2D eigenvalue weighted by Gasteiger charge is -2.39. The van der Waals surface area contributed by atoms with Crippen LogP contribution in [-0.2, 0) is 28.7 Å². The monoisotopic (exact) mass is 576 g/mol. The van der Waals surface area contributed by atoms with Gasteiger partial charge < -0.3 is 30.7 Å². The summed E-state index contributed by atoms with van der Waals surface area (Å²) in [5, 5.41) is 5.18. The highest BCUT2D eigenvalue weighted by molar-refractivity contribution is 5.93. The van der Waals surface area contributed by atoms with Crippen molar-refractivity contribution in [3.05, 3.63) is 34.9 Å². The molecule has 3 atom stereocenters. The van der Waals surface area contributed by atoms with Crippen molar-refractivity contribution in [2.24, 2.45) is 11.7 Å². The summed E-state index contributed by atoms with van der Waals surface area (Å²) in [4.78, 5) is 65.8. The molecule has 41 heavy (non-hydrogen) atoms. The summed E-state index contributed by atoms with van der Waals surface area (Å²) in [6, 6.07) is 2.63. The molecule has 0 aliphatic carbocycles. The summed E-state index contributed by atoms with van der Waals surface area (Å²) < 4.78 is 10.1. The van der Waals surface area contributed by atoms with Gasteiger partial charge in [-0.25, -0.2) is 4.79 Å². The number of amides is 4. The Hall–Kier alpha value is -3.63. The van der Waals surface area contributed by atoms with Crippen LogP contribution in [0, 0.1) is 19.8 Å². The molecule has 0 fully saturated rings. The minimum Gasteiger partial charge on any atom is -0.468 e. The van der Waals surface area contributed by atoms with E-state index in [2.05, 4.69) is 29.2 Å². The fourth-order valence-electron chi connectivity index (χ4n) is 4.19. The Labute approximate surface area is 243 Å². The van der Waals surface area contributed by atoms with Crippen LogP contribution in [0.25, 0.3) is 0 Å². The average Bonchev–Trinajstić information content (AvgIpc) is 2.86. The number of nitrogens with zero attached hydrogens (tertiary/aromatic N) is 1. The van der Waals surface area contributed by atoms with Crippen LogP contribution in [0.1, 0.15) is 90.0 Å². The van der Waals surface area contributed by atoms with Gasteiger partial charge in [-0.1, -0.05) is 32.0 Å². The molecule has 0 radical (unpaired) electrons. The number of carbonyl (C=O) groups excluding carboxylic acids is 5. The molecule has 0 spiro atoms. The number of alkyl carbamates (subject to hydrolysis) is 1. The van der Waals surface area contributed by atoms with Gasteiger partial charge in [0.25, 0.3) is 0 Å². The van der Waals surface area contributed by atoms with Crippen molar-refractivity contribution in [2.45, 2.75) is 105 Å². The number of benzene rings is 1. The summed E-state index contributed by atoms with van der Waals surface area (Å²) in [5.41, 5.74) is 7.00. The number of ether oxygens (including phenoxy) is 2. The Bertz CT molecular complexity index is 1080. The van der Waals surface area contributed by atoms with E-state index < -0.39 is 53.5 Å². The van der Waals surface area contributed by atoms with Crippen molar-refractivity contribution >= 4 is 29.8 Å². The van der Waals surface area contributed by atoms with Crippen LogP contribution in [0.15, 0.2) is 18.2 Å². The van der Waals surface area contributed by atoms with Gasteiger partial charge in [0.2, 0.25) is 17.7 Å². The SMILES string of the molecule is COC(=O)CNC(=O)C(c1ccc(C)c(C)c1)N(C(=O)C(CCC(N)=O)NC(=O)OC(C)(C)C)C(C)CCC(C)C. The molecule has 11 heteroatoms. The Balaban J connectivity index is 3.70. The molecule has 1 aromatic carbocycles. The highest BCUT2D eigenvalue weighted by Gasteiger charge is 2.39. The van der Waals surface area contributed by atoms with Crippen molar-refractivity contribution in [1.82, 2.24) is 15.5 Å². The first-order valence-corrected chi connectivity index (χ1v) is 14.0. The first-order valence-electron chi connectivity index (χ1n) is 14.0. The number of rotatable bonds is 14. The quantitative estimate of drug-likeness (QED) is 0.286. The molecule has 0 heterocycles. The molecule has 0 bridgehead atoms. The van der Waals surface area contributed by atoms with E-state index in [1.807, 2.05) is 32.9 Å². The number of primary amides is 1. The van der Waals surface area contributed by atoms with Gasteiger partial charge in [-0.15, -0.1) is 0 Å². The van der Waals surface area contributed by atoms with E-state index in [4.69, 9.17) is 10.5 Å². The Morgan fingerprint density at radius 2 is 1.61 bits per heavy atom. The van der Waals surface area contributed by atoms with Crippen molar-refractivity contribution in [3.8, 4) is 0 Å². The normalized spacial score (nSPS) is 13.5. The van der Waals surface area contributed by atoms with E-state index >= 15 is 0 Å². The highest BCUT2D eigenvalue weighted by Crippen LogP contribution is 2.29. The molecule has 4 amide bonds.